The number of halogens is 1. The summed E-state index contributed by atoms with van der Waals surface area (Å²) in [5.74, 6) is 0. The maximum atomic E-state index is 6.11. The molecule has 4 nitrogen and oxygen atoms in total. The molecule has 0 bridgehead atoms. The van der Waals surface area contributed by atoms with Crippen molar-refractivity contribution in [3.8, 4) is 0 Å². The van der Waals surface area contributed by atoms with E-state index in [0.717, 1.165) is 41.9 Å². The average molecular weight is 313 g/mol. The van der Waals surface area contributed by atoms with E-state index in [9.17, 15) is 0 Å². The van der Waals surface area contributed by atoms with E-state index in [4.69, 9.17) is 5.73 Å². The fourth-order valence-corrected chi connectivity index (χ4v) is 3.21. The van der Waals surface area contributed by atoms with Gasteiger partial charge in [0, 0.05) is 25.3 Å². The van der Waals surface area contributed by atoms with Crippen LogP contribution in [0.15, 0.2) is 16.9 Å². The largest absolute Gasteiger partial charge is 0.396 e. The summed E-state index contributed by atoms with van der Waals surface area (Å²) in [6.45, 7) is 5.53. The van der Waals surface area contributed by atoms with Crippen LogP contribution in [0.3, 0.4) is 0 Å². The van der Waals surface area contributed by atoms with Crippen molar-refractivity contribution in [1.82, 2.24) is 9.88 Å². The third-order valence-electron chi connectivity index (χ3n) is 3.56. The second-order valence-electron chi connectivity index (χ2n) is 4.93. The van der Waals surface area contributed by atoms with Crippen molar-refractivity contribution < 1.29 is 0 Å². The van der Waals surface area contributed by atoms with Crippen molar-refractivity contribution in [2.45, 2.75) is 25.8 Å². The maximum Gasteiger partial charge on any atom is 0.0778 e. The van der Waals surface area contributed by atoms with E-state index in [1.54, 1.807) is 6.20 Å². The number of nitrogens with two attached hydrogens (primary N) is 1. The van der Waals surface area contributed by atoms with Gasteiger partial charge in [-0.25, -0.2) is 0 Å². The summed E-state index contributed by atoms with van der Waals surface area (Å²) in [7, 11) is 2.19. The maximum absolute atomic E-state index is 6.11. The van der Waals surface area contributed by atoms with Crippen LogP contribution in [0.5, 0.6) is 0 Å². The van der Waals surface area contributed by atoms with Gasteiger partial charge in [-0.1, -0.05) is 6.92 Å². The minimum absolute atomic E-state index is 0.512. The highest BCUT2D eigenvalue weighted by atomic mass is 79.9. The van der Waals surface area contributed by atoms with E-state index in [1.165, 1.54) is 6.42 Å². The molecule has 0 radical (unpaired) electrons. The van der Waals surface area contributed by atoms with Gasteiger partial charge in [0.25, 0.3) is 0 Å². The standard InChI is InChI=1S/C13H21BrN4/c1-3-10-9-17(2)5-4-6-18(10)13-11(14)7-16-8-12(13)15/h7-8,10H,3-6,9,15H2,1-2H3. The van der Waals surface area contributed by atoms with Crippen LogP contribution in [-0.4, -0.2) is 42.6 Å². The molecule has 1 aliphatic heterocycles. The Morgan fingerprint density at radius 3 is 2.89 bits per heavy atom. The summed E-state index contributed by atoms with van der Waals surface area (Å²) in [5.41, 5.74) is 7.97. The van der Waals surface area contributed by atoms with E-state index in [1.807, 2.05) is 6.20 Å². The van der Waals surface area contributed by atoms with Gasteiger partial charge in [-0.3, -0.25) is 4.98 Å². The molecule has 18 heavy (non-hydrogen) atoms. The lowest BCUT2D eigenvalue weighted by Crippen LogP contribution is -2.40. The number of anilines is 2. The summed E-state index contributed by atoms with van der Waals surface area (Å²) in [5, 5.41) is 0. The number of hydrogen-bond donors (Lipinski definition) is 1. The van der Waals surface area contributed by atoms with Crippen molar-refractivity contribution in [2.75, 3.05) is 37.3 Å². The molecule has 5 heteroatoms. The minimum atomic E-state index is 0.512. The van der Waals surface area contributed by atoms with Crippen LogP contribution >= 0.6 is 15.9 Å². The highest BCUT2D eigenvalue weighted by molar-refractivity contribution is 9.10. The number of likely N-dealkylation sites (N-methyl/N-ethyl adjacent to an activating group) is 1. The first kappa shape index (κ1) is 13.6. The Morgan fingerprint density at radius 1 is 1.44 bits per heavy atom. The zero-order chi connectivity index (χ0) is 13.1. The molecule has 1 fully saturated rings. The minimum Gasteiger partial charge on any atom is -0.396 e. The molecule has 1 aliphatic rings. The number of nitrogens with zero attached hydrogens (tertiary/aromatic N) is 3. The lowest BCUT2D eigenvalue weighted by molar-refractivity contribution is 0.328. The quantitative estimate of drug-likeness (QED) is 0.910. The number of rotatable bonds is 2. The second-order valence-corrected chi connectivity index (χ2v) is 5.78. The molecule has 1 aromatic heterocycles. The molecule has 1 saturated heterocycles. The Balaban J connectivity index is 2.34. The van der Waals surface area contributed by atoms with E-state index in [2.05, 4.69) is 44.7 Å². The molecule has 0 aromatic carbocycles. The number of hydrogen-bond acceptors (Lipinski definition) is 4. The summed E-state index contributed by atoms with van der Waals surface area (Å²) >= 11 is 3.58. The fourth-order valence-electron chi connectivity index (χ4n) is 2.63. The Kier molecular flexibility index (Phi) is 4.45. The van der Waals surface area contributed by atoms with Gasteiger partial charge in [0.2, 0.25) is 0 Å². The lowest BCUT2D eigenvalue weighted by atomic mass is 10.1. The van der Waals surface area contributed by atoms with Crippen LogP contribution in [0.25, 0.3) is 0 Å². The summed E-state index contributed by atoms with van der Waals surface area (Å²) in [6.07, 6.45) is 5.86. The first-order valence-electron chi connectivity index (χ1n) is 6.47. The number of nitrogen functional groups attached to an aromatic ring is 1. The van der Waals surface area contributed by atoms with Crippen molar-refractivity contribution in [1.29, 1.82) is 0 Å². The molecular formula is C13H21BrN4. The van der Waals surface area contributed by atoms with Gasteiger partial charge in [-0.2, -0.15) is 0 Å². The van der Waals surface area contributed by atoms with Crippen molar-refractivity contribution in [3.05, 3.63) is 16.9 Å². The van der Waals surface area contributed by atoms with Crippen molar-refractivity contribution >= 4 is 27.3 Å². The predicted octanol–water partition coefficient (Wildman–Crippen LogP) is 2.35. The van der Waals surface area contributed by atoms with E-state index in [0.29, 0.717) is 6.04 Å². The molecule has 0 amide bonds. The molecule has 0 saturated carbocycles. The third kappa shape index (κ3) is 2.78. The van der Waals surface area contributed by atoms with Crippen LogP contribution in [0.2, 0.25) is 0 Å². The topological polar surface area (TPSA) is 45.4 Å². The zero-order valence-electron chi connectivity index (χ0n) is 11.1. The summed E-state index contributed by atoms with van der Waals surface area (Å²) in [4.78, 5) is 8.96. The second kappa shape index (κ2) is 5.89. The molecule has 0 aliphatic carbocycles. The zero-order valence-corrected chi connectivity index (χ0v) is 12.7. The van der Waals surface area contributed by atoms with Gasteiger partial charge in [0.15, 0.2) is 0 Å². The van der Waals surface area contributed by atoms with Crippen LogP contribution in [0, 0.1) is 0 Å². The molecule has 1 unspecified atom stereocenters. The van der Waals surface area contributed by atoms with Gasteiger partial charge in [-0.15, -0.1) is 0 Å². The SMILES string of the molecule is CCC1CN(C)CCCN1c1c(N)cncc1Br. The molecule has 2 heterocycles. The Hall–Kier alpha value is -0.810. The molecule has 0 spiro atoms. The fraction of sp³-hybridized carbons (Fsp3) is 0.615. The van der Waals surface area contributed by atoms with Gasteiger partial charge in [-0.05, 0) is 42.4 Å². The lowest BCUT2D eigenvalue weighted by Gasteiger charge is -2.33. The van der Waals surface area contributed by atoms with Crippen LogP contribution in [0.1, 0.15) is 19.8 Å². The van der Waals surface area contributed by atoms with Gasteiger partial charge >= 0.3 is 0 Å². The molecule has 100 valence electrons. The van der Waals surface area contributed by atoms with Gasteiger partial charge < -0.3 is 15.5 Å². The van der Waals surface area contributed by atoms with Crippen LogP contribution < -0.4 is 10.6 Å². The highest BCUT2D eigenvalue weighted by Crippen LogP contribution is 2.34. The normalized spacial score (nSPS) is 21.9. The first-order valence-corrected chi connectivity index (χ1v) is 7.27. The predicted molar refractivity (Wildman–Crippen MR) is 79.9 cm³/mol. The van der Waals surface area contributed by atoms with Crippen molar-refractivity contribution in [3.63, 3.8) is 0 Å². The monoisotopic (exact) mass is 312 g/mol. The molecule has 1 aromatic rings. The number of pyridine rings is 1. The summed E-state index contributed by atoms with van der Waals surface area (Å²) < 4.78 is 0.991. The van der Waals surface area contributed by atoms with E-state index in [-0.39, 0.29) is 0 Å². The Morgan fingerprint density at radius 2 is 2.22 bits per heavy atom. The summed E-state index contributed by atoms with van der Waals surface area (Å²) in [6, 6.07) is 0.512. The van der Waals surface area contributed by atoms with E-state index < -0.39 is 0 Å². The third-order valence-corrected chi connectivity index (χ3v) is 4.14. The van der Waals surface area contributed by atoms with Crippen LogP contribution in [0.4, 0.5) is 11.4 Å². The van der Waals surface area contributed by atoms with Crippen molar-refractivity contribution in [2.24, 2.45) is 0 Å². The molecule has 2 rings (SSSR count). The molecule has 1 atom stereocenters. The molecule has 2 N–H and O–H groups in total. The molecular weight excluding hydrogens is 292 g/mol. The Bertz CT molecular complexity index is 390. The Labute approximate surface area is 117 Å². The van der Waals surface area contributed by atoms with Crippen LogP contribution in [-0.2, 0) is 0 Å². The first-order chi connectivity index (χ1) is 8.63. The van der Waals surface area contributed by atoms with E-state index >= 15 is 0 Å². The van der Waals surface area contributed by atoms with Gasteiger partial charge in [0.05, 0.1) is 22.0 Å². The number of aromatic nitrogens is 1. The smallest absolute Gasteiger partial charge is 0.0778 e. The average Bonchev–Trinajstić information content (AvgIpc) is 2.51. The van der Waals surface area contributed by atoms with Gasteiger partial charge in [0.1, 0.15) is 0 Å². The highest BCUT2D eigenvalue weighted by Gasteiger charge is 2.25.